The van der Waals surface area contributed by atoms with Crippen LogP contribution in [0, 0.1) is 0 Å². The Kier molecular flexibility index (Phi) is 22.2. The van der Waals surface area contributed by atoms with Crippen molar-refractivity contribution < 1.29 is 129 Å². The van der Waals surface area contributed by atoms with E-state index in [1.165, 1.54) is 0 Å². The molecule has 24 heavy (non-hydrogen) atoms. The third kappa shape index (κ3) is 12.2. The second kappa shape index (κ2) is 14.9. The Balaban J connectivity index is -0.000000301. The molecule has 0 radical (unpaired) electrons. The zero-order valence-electron chi connectivity index (χ0n) is 11.5. The second-order valence-corrected chi connectivity index (χ2v) is 4.51. The number of carboxylic acid groups (broad SMARTS) is 4. The van der Waals surface area contributed by atoms with Crippen LogP contribution in [0.5, 0.6) is 0 Å². The molecular formula is C10H12Ag4N2O8. The van der Waals surface area contributed by atoms with E-state index in [1.54, 1.807) is 0 Å². The molecule has 0 aliphatic rings. The summed E-state index contributed by atoms with van der Waals surface area (Å²) in [6, 6.07) is 0. The summed E-state index contributed by atoms with van der Waals surface area (Å²) in [5, 5.41) is 42.5. The molecule has 0 spiro atoms. The molecule has 0 saturated carbocycles. The Morgan fingerprint density at radius 1 is 0.542 bits per heavy atom. The van der Waals surface area contributed by atoms with Crippen molar-refractivity contribution in [3.8, 4) is 0 Å². The summed E-state index contributed by atoms with van der Waals surface area (Å²) in [7, 11) is 0. The minimum Gasteiger partial charge on any atom is -0.550 e. The molecule has 4 N–H and O–H groups in total. The minimum atomic E-state index is -2.43. The van der Waals surface area contributed by atoms with Crippen LogP contribution in [0.2, 0.25) is 0 Å². The molecule has 0 unspecified atom stereocenters. The van der Waals surface area contributed by atoms with Crippen molar-refractivity contribution in [3.63, 3.8) is 0 Å². The first-order valence-electron chi connectivity index (χ1n) is 5.29. The third-order valence-electron chi connectivity index (χ3n) is 2.83. The fourth-order valence-corrected chi connectivity index (χ4v) is 1.86. The topological polar surface area (TPSA) is 213 Å². The van der Waals surface area contributed by atoms with Crippen molar-refractivity contribution in [1.29, 1.82) is 0 Å². The van der Waals surface area contributed by atoms with Crippen molar-refractivity contribution in [2.45, 2.75) is 36.8 Å². The zero-order valence-corrected chi connectivity index (χ0v) is 17.4. The second-order valence-electron chi connectivity index (χ2n) is 4.51. The molecule has 0 aromatic heterocycles. The largest absolute Gasteiger partial charge is 1.00 e. The molecule has 154 valence electrons. The van der Waals surface area contributed by atoms with Gasteiger partial charge in [0.15, 0.2) is 0 Å². The Labute approximate surface area is 199 Å². The molecule has 10 nitrogen and oxygen atoms in total. The van der Waals surface area contributed by atoms with Gasteiger partial charge < -0.3 is 51.1 Å². The van der Waals surface area contributed by atoms with Crippen LogP contribution in [-0.4, -0.2) is 35.0 Å². The fraction of sp³-hybridized carbons (Fsp3) is 0.600. The fourth-order valence-electron chi connectivity index (χ4n) is 1.86. The molecule has 0 amide bonds. The normalized spacial score (nSPS) is 9.92. The summed E-state index contributed by atoms with van der Waals surface area (Å²) in [5.41, 5.74) is 6.20. The van der Waals surface area contributed by atoms with Gasteiger partial charge in [-0.05, 0) is 0 Å². The van der Waals surface area contributed by atoms with E-state index < -0.39 is 60.6 Å². The van der Waals surface area contributed by atoms with Crippen LogP contribution in [0.4, 0.5) is 0 Å². The number of carbonyl (C=O) groups excluding carboxylic acids is 4. The number of carboxylic acids is 4. The Bertz CT molecular complexity index is 377. The summed E-state index contributed by atoms with van der Waals surface area (Å²) < 4.78 is 0. The Hall–Kier alpha value is 0.761. The van der Waals surface area contributed by atoms with E-state index in [2.05, 4.69) is 0 Å². The monoisotopic (exact) mass is 716 g/mol. The van der Waals surface area contributed by atoms with Gasteiger partial charge in [-0.25, -0.2) is 0 Å². The van der Waals surface area contributed by atoms with E-state index in [9.17, 15) is 39.6 Å². The van der Waals surface area contributed by atoms with Gasteiger partial charge in [-0.2, -0.15) is 0 Å². The number of aliphatic carboxylic acids is 4. The van der Waals surface area contributed by atoms with E-state index in [0.29, 0.717) is 0 Å². The van der Waals surface area contributed by atoms with Crippen molar-refractivity contribution in [1.82, 2.24) is 0 Å². The standard InChI is InChI=1S/C10H16N2O8.4Ag/c11-9(1-5(13)14,2-6(15)16)10(12,3-7(17)18)4-8(19)20;;;;/h1-4,11-12H2,(H,13,14)(H,15,16)(H,17,18)(H,19,20);;;;/q;4*+1/p-4. The number of carbonyl (C=O) groups is 4. The summed E-state index contributed by atoms with van der Waals surface area (Å²) in [6.45, 7) is 0. The minimum absolute atomic E-state index is 0. The molecule has 0 aliphatic heterocycles. The first-order valence-corrected chi connectivity index (χ1v) is 5.29. The van der Waals surface area contributed by atoms with E-state index >= 15 is 0 Å². The Morgan fingerprint density at radius 2 is 0.667 bits per heavy atom. The van der Waals surface area contributed by atoms with Gasteiger partial charge in [0.25, 0.3) is 0 Å². The summed E-state index contributed by atoms with van der Waals surface area (Å²) in [4.78, 5) is 42.5. The van der Waals surface area contributed by atoms with Gasteiger partial charge in [-0.3, -0.25) is 0 Å². The third-order valence-corrected chi connectivity index (χ3v) is 2.83. The molecule has 0 fully saturated rings. The van der Waals surface area contributed by atoms with Gasteiger partial charge in [-0.1, -0.05) is 0 Å². The van der Waals surface area contributed by atoms with E-state index in [0.717, 1.165) is 0 Å². The molecule has 0 atom stereocenters. The molecule has 0 bridgehead atoms. The van der Waals surface area contributed by atoms with E-state index in [1.807, 2.05) is 0 Å². The van der Waals surface area contributed by atoms with Crippen LogP contribution in [0.25, 0.3) is 0 Å². The smallest absolute Gasteiger partial charge is 0.550 e. The SMILES string of the molecule is NC(CC(=O)[O-])(CC(=O)[O-])C(N)(CC(=O)[O-])CC(=O)[O-].[Ag+].[Ag+].[Ag+].[Ag+]. The van der Waals surface area contributed by atoms with Gasteiger partial charge in [0.2, 0.25) is 0 Å². The molecule has 0 aromatic rings. The maximum Gasteiger partial charge on any atom is 1.00 e. The van der Waals surface area contributed by atoms with Crippen LogP contribution in [0.15, 0.2) is 0 Å². The number of hydrogen-bond donors (Lipinski definition) is 2. The molecule has 0 aromatic carbocycles. The first kappa shape index (κ1) is 35.8. The molecule has 0 heterocycles. The van der Waals surface area contributed by atoms with Crippen LogP contribution in [-0.2, 0) is 109 Å². The van der Waals surface area contributed by atoms with Crippen LogP contribution >= 0.6 is 0 Å². The van der Waals surface area contributed by atoms with Crippen molar-refractivity contribution in [2.75, 3.05) is 0 Å². The van der Waals surface area contributed by atoms with Crippen molar-refractivity contribution in [2.24, 2.45) is 11.5 Å². The maximum absolute atomic E-state index is 10.6. The first-order chi connectivity index (χ1) is 8.92. The molecular weight excluding hydrogens is 708 g/mol. The van der Waals surface area contributed by atoms with Gasteiger partial charge in [0.1, 0.15) is 0 Å². The van der Waals surface area contributed by atoms with Crippen LogP contribution in [0.3, 0.4) is 0 Å². The number of rotatable bonds is 9. The predicted octanol–water partition coefficient (Wildman–Crippen LogP) is -7.07. The van der Waals surface area contributed by atoms with Crippen LogP contribution < -0.4 is 31.9 Å². The van der Waals surface area contributed by atoms with E-state index in [4.69, 9.17) is 11.5 Å². The number of nitrogens with two attached hydrogens (primary N) is 2. The van der Waals surface area contributed by atoms with Crippen molar-refractivity contribution >= 4 is 23.9 Å². The molecule has 0 saturated heterocycles. The average Bonchev–Trinajstić information content (AvgIpc) is 2.10. The predicted molar refractivity (Wildman–Crippen MR) is 52.3 cm³/mol. The zero-order chi connectivity index (χ0) is 16.1. The summed E-state index contributed by atoms with van der Waals surface area (Å²) in [6.07, 6.45) is -4.73. The van der Waals surface area contributed by atoms with Gasteiger partial charge >= 0.3 is 89.5 Å². The average molecular weight is 720 g/mol. The summed E-state index contributed by atoms with van der Waals surface area (Å²) in [5.74, 6) is -7.33. The quantitative estimate of drug-likeness (QED) is 0.215. The molecule has 14 heteroatoms. The van der Waals surface area contributed by atoms with Gasteiger partial charge in [0.05, 0.1) is 0 Å². The van der Waals surface area contributed by atoms with E-state index in [-0.39, 0.29) is 89.5 Å². The molecule has 0 rings (SSSR count). The van der Waals surface area contributed by atoms with Gasteiger partial charge in [0, 0.05) is 60.6 Å². The molecule has 0 aliphatic carbocycles. The van der Waals surface area contributed by atoms with Crippen molar-refractivity contribution in [3.05, 3.63) is 0 Å². The van der Waals surface area contributed by atoms with Gasteiger partial charge in [-0.15, -0.1) is 0 Å². The Morgan fingerprint density at radius 3 is 0.750 bits per heavy atom. The number of hydrogen-bond acceptors (Lipinski definition) is 10. The van der Waals surface area contributed by atoms with Crippen LogP contribution in [0.1, 0.15) is 25.7 Å². The summed E-state index contributed by atoms with van der Waals surface area (Å²) >= 11 is 0. The maximum atomic E-state index is 10.6.